The van der Waals surface area contributed by atoms with Gasteiger partial charge in [0.05, 0.1) is 28.6 Å². The van der Waals surface area contributed by atoms with E-state index in [0.29, 0.717) is 35.3 Å². The number of fused-ring (bicyclic) bond motifs is 2. The van der Waals surface area contributed by atoms with Crippen molar-refractivity contribution in [3.63, 3.8) is 0 Å². The number of benzene rings is 1. The largest absolute Gasteiger partial charge is 0.390 e. The predicted octanol–water partition coefficient (Wildman–Crippen LogP) is 5.13. The highest BCUT2D eigenvalue weighted by molar-refractivity contribution is 5.86. The first kappa shape index (κ1) is 28.7. The minimum Gasteiger partial charge on any atom is -0.390 e. The molecule has 43 heavy (non-hydrogen) atoms. The topological polar surface area (TPSA) is 129 Å². The molecule has 0 amide bonds. The number of H-pyrrole nitrogens is 1. The van der Waals surface area contributed by atoms with Crippen LogP contribution in [0, 0.1) is 11.8 Å². The summed E-state index contributed by atoms with van der Waals surface area (Å²) in [5.74, 6) is 2.17. The van der Waals surface area contributed by atoms with Crippen molar-refractivity contribution in [2.24, 2.45) is 11.8 Å². The summed E-state index contributed by atoms with van der Waals surface area (Å²) in [6.07, 6.45) is 10.7. The van der Waals surface area contributed by atoms with E-state index < -0.39 is 12.2 Å². The van der Waals surface area contributed by atoms with Gasteiger partial charge in [0.2, 0.25) is 0 Å². The molecule has 9 nitrogen and oxygen atoms in total. The molecular weight excluding hydrogens is 538 g/mol. The Labute approximate surface area is 253 Å². The van der Waals surface area contributed by atoms with Crippen molar-refractivity contribution >= 4 is 27.9 Å². The molecule has 5 N–H and O–H groups in total. The maximum atomic E-state index is 11.2. The summed E-state index contributed by atoms with van der Waals surface area (Å²) in [7, 11) is 0. The molecule has 1 aromatic carbocycles. The molecule has 3 heterocycles. The van der Waals surface area contributed by atoms with Crippen molar-refractivity contribution in [2.75, 3.05) is 12.3 Å². The van der Waals surface area contributed by atoms with Crippen molar-refractivity contribution in [3.8, 4) is 0 Å². The van der Waals surface area contributed by atoms with E-state index in [1.54, 1.807) is 0 Å². The van der Waals surface area contributed by atoms with Crippen LogP contribution in [0.15, 0.2) is 36.8 Å². The summed E-state index contributed by atoms with van der Waals surface area (Å²) in [5.41, 5.74) is 10.7. The lowest BCUT2D eigenvalue weighted by Gasteiger charge is -2.50. The van der Waals surface area contributed by atoms with Crippen LogP contribution in [-0.2, 0) is 11.8 Å². The number of aromatic nitrogens is 5. The van der Waals surface area contributed by atoms with Crippen LogP contribution in [0.2, 0.25) is 0 Å². The van der Waals surface area contributed by atoms with Gasteiger partial charge in [-0.3, -0.25) is 4.90 Å². The van der Waals surface area contributed by atoms with Gasteiger partial charge in [-0.05, 0) is 94.4 Å². The Bertz CT molecular complexity index is 1610. The SMILES string of the molecule is CC1(c2ccc3nc(CCC4CC(N(C[C@H]5C[C@@H](n6ccc7c(N)ncnc76)[C@H](O)[C@@H]5O)C(C)(C)C)C4)[nH]c3c2)CCC1. The molecule has 3 aliphatic carbocycles. The second kappa shape index (κ2) is 10.6. The first-order valence-electron chi connectivity index (χ1n) is 16.2. The van der Waals surface area contributed by atoms with Crippen molar-refractivity contribution in [2.45, 2.75) is 114 Å². The fourth-order valence-corrected chi connectivity index (χ4v) is 8.12. The number of nitrogens with two attached hydrogens (primary N) is 1. The number of nitrogens with zero attached hydrogens (tertiary/aromatic N) is 5. The van der Waals surface area contributed by atoms with Crippen LogP contribution in [0.3, 0.4) is 0 Å². The number of aliphatic hydroxyl groups is 2. The number of nitrogen functional groups attached to an aromatic ring is 1. The normalized spacial score (nSPS) is 28.9. The van der Waals surface area contributed by atoms with E-state index in [1.807, 2.05) is 16.8 Å². The smallest absolute Gasteiger partial charge is 0.145 e. The fraction of sp³-hybridized carbons (Fsp3) is 0.618. The third-order valence-electron chi connectivity index (χ3n) is 11.1. The molecule has 7 rings (SSSR count). The molecule has 4 aromatic rings. The van der Waals surface area contributed by atoms with Gasteiger partial charge in [-0.15, -0.1) is 0 Å². The molecule has 3 aromatic heterocycles. The highest BCUT2D eigenvalue weighted by atomic mass is 16.3. The number of nitrogens with one attached hydrogen (secondary N) is 1. The third-order valence-corrected chi connectivity index (χ3v) is 11.1. The molecule has 0 saturated heterocycles. The zero-order valence-corrected chi connectivity index (χ0v) is 26.0. The van der Waals surface area contributed by atoms with E-state index in [-0.39, 0.29) is 17.5 Å². The molecule has 0 radical (unpaired) electrons. The van der Waals surface area contributed by atoms with E-state index in [1.165, 1.54) is 36.7 Å². The van der Waals surface area contributed by atoms with E-state index in [9.17, 15) is 10.2 Å². The average Bonchev–Trinajstić information content (AvgIpc) is 3.61. The van der Waals surface area contributed by atoms with Crippen molar-refractivity contribution < 1.29 is 10.2 Å². The number of imidazole rings is 1. The highest BCUT2D eigenvalue weighted by Gasteiger charge is 2.46. The van der Waals surface area contributed by atoms with Crippen LogP contribution in [0.4, 0.5) is 5.82 Å². The summed E-state index contributed by atoms with van der Waals surface area (Å²) < 4.78 is 1.97. The molecule has 3 saturated carbocycles. The average molecular weight is 586 g/mol. The number of rotatable bonds is 8. The van der Waals surface area contributed by atoms with Gasteiger partial charge in [-0.2, -0.15) is 0 Å². The Morgan fingerprint density at radius 3 is 2.60 bits per heavy atom. The molecule has 9 heteroatoms. The van der Waals surface area contributed by atoms with Crippen LogP contribution in [0.1, 0.15) is 90.1 Å². The standard InChI is InChI=1S/C34H47N7O2/c1-33(2,3)41(18-21-16-27(30(43)29(21)42)40-13-10-24-31(35)36-19-37-32(24)40)23-14-20(15-23)6-9-28-38-25-8-7-22(17-26(25)39-28)34(4)11-5-12-34/h7-8,10,13,17,19-21,23,27,29-30,42-43H,5-6,9,11-12,14-16,18H2,1-4H3,(H,38,39)(H2,35,36,37)/t20?,21-,23?,27-,29-,30+/m1/s1. The van der Waals surface area contributed by atoms with Gasteiger partial charge in [-0.25, -0.2) is 15.0 Å². The Hall–Kier alpha value is -3.01. The lowest BCUT2D eigenvalue weighted by molar-refractivity contribution is -0.0364. The Morgan fingerprint density at radius 2 is 1.88 bits per heavy atom. The predicted molar refractivity (Wildman–Crippen MR) is 170 cm³/mol. The van der Waals surface area contributed by atoms with E-state index in [0.717, 1.165) is 49.0 Å². The van der Waals surface area contributed by atoms with Crippen LogP contribution < -0.4 is 5.73 Å². The fourth-order valence-electron chi connectivity index (χ4n) is 8.12. The van der Waals surface area contributed by atoms with Gasteiger partial charge in [0.1, 0.15) is 29.7 Å². The molecule has 3 fully saturated rings. The summed E-state index contributed by atoms with van der Waals surface area (Å²) in [5, 5.41) is 23.1. The zero-order chi connectivity index (χ0) is 30.1. The molecule has 0 aliphatic heterocycles. The van der Waals surface area contributed by atoms with Gasteiger partial charge in [-0.1, -0.05) is 19.4 Å². The molecular formula is C34H47N7O2. The number of hydrogen-bond donors (Lipinski definition) is 4. The number of hydrogen-bond acceptors (Lipinski definition) is 7. The number of anilines is 1. The van der Waals surface area contributed by atoms with Gasteiger partial charge < -0.3 is 25.5 Å². The lowest BCUT2D eigenvalue weighted by atomic mass is 9.66. The van der Waals surface area contributed by atoms with Gasteiger partial charge in [0, 0.05) is 36.7 Å². The summed E-state index contributed by atoms with van der Waals surface area (Å²) >= 11 is 0. The monoisotopic (exact) mass is 585 g/mol. The molecule has 3 aliphatic rings. The number of aromatic amines is 1. The Balaban J connectivity index is 0.974. The van der Waals surface area contributed by atoms with Gasteiger partial charge in [0.25, 0.3) is 0 Å². The van der Waals surface area contributed by atoms with Crippen LogP contribution in [0.25, 0.3) is 22.1 Å². The molecule has 0 unspecified atom stereocenters. The van der Waals surface area contributed by atoms with E-state index >= 15 is 0 Å². The number of aliphatic hydroxyl groups excluding tert-OH is 2. The summed E-state index contributed by atoms with van der Waals surface area (Å²) in [6, 6.07) is 8.92. The highest BCUT2D eigenvalue weighted by Crippen LogP contribution is 2.44. The van der Waals surface area contributed by atoms with Crippen molar-refractivity contribution in [3.05, 3.63) is 48.2 Å². The first-order valence-corrected chi connectivity index (χ1v) is 16.2. The lowest BCUT2D eigenvalue weighted by Crippen LogP contribution is -2.55. The van der Waals surface area contributed by atoms with Gasteiger partial charge >= 0.3 is 0 Å². The first-order chi connectivity index (χ1) is 20.5. The summed E-state index contributed by atoms with van der Waals surface area (Å²) in [6.45, 7) is 9.94. The van der Waals surface area contributed by atoms with E-state index in [4.69, 9.17) is 10.7 Å². The molecule has 230 valence electrons. The maximum absolute atomic E-state index is 11.2. The van der Waals surface area contributed by atoms with Crippen molar-refractivity contribution in [1.29, 1.82) is 0 Å². The van der Waals surface area contributed by atoms with Crippen LogP contribution in [0.5, 0.6) is 0 Å². The van der Waals surface area contributed by atoms with E-state index in [2.05, 4.69) is 65.7 Å². The second-order valence-electron chi connectivity index (χ2n) is 14.9. The molecule has 0 spiro atoms. The third kappa shape index (κ3) is 5.13. The van der Waals surface area contributed by atoms with Crippen molar-refractivity contribution in [1.82, 2.24) is 29.4 Å². The second-order valence-corrected chi connectivity index (χ2v) is 14.9. The minimum absolute atomic E-state index is 0.0301. The van der Waals surface area contributed by atoms with Crippen LogP contribution >= 0.6 is 0 Å². The zero-order valence-electron chi connectivity index (χ0n) is 26.0. The summed E-state index contributed by atoms with van der Waals surface area (Å²) in [4.78, 5) is 19.6. The van der Waals surface area contributed by atoms with Gasteiger partial charge in [0.15, 0.2) is 0 Å². The van der Waals surface area contributed by atoms with Crippen LogP contribution in [-0.4, -0.2) is 69.9 Å². The number of aryl methyl sites for hydroxylation is 1. The molecule has 4 atom stereocenters. The quantitative estimate of drug-likeness (QED) is 0.226. The maximum Gasteiger partial charge on any atom is 0.145 e. The minimum atomic E-state index is -0.857. The Kier molecular flexibility index (Phi) is 7.06. The Morgan fingerprint density at radius 1 is 1.09 bits per heavy atom. The molecule has 0 bridgehead atoms.